The molecule has 0 atom stereocenters. The molecule has 18 heavy (non-hydrogen) atoms. The van der Waals surface area contributed by atoms with Crippen molar-refractivity contribution in [2.24, 2.45) is 0 Å². The lowest BCUT2D eigenvalue weighted by Gasteiger charge is -2.00. The first-order valence-corrected chi connectivity index (χ1v) is 7.51. The van der Waals surface area contributed by atoms with E-state index in [4.69, 9.17) is 10.00 Å². The molecule has 0 N–H and O–H groups in total. The summed E-state index contributed by atoms with van der Waals surface area (Å²) in [7, 11) is 0. The van der Waals surface area contributed by atoms with Crippen LogP contribution in [0.3, 0.4) is 0 Å². The van der Waals surface area contributed by atoms with Crippen molar-refractivity contribution in [2.75, 3.05) is 13.2 Å². The van der Waals surface area contributed by atoms with E-state index in [0.717, 1.165) is 6.42 Å². The largest absolute Gasteiger partial charge is 0.376 e. The molecule has 0 heterocycles. The van der Waals surface area contributed by atoms with Crippen LogP contribution in [0.4, 0.5) is 0 Å². The second-order valence-electron chi connectivity index (χ2n) is 4.72. The van der Waals surface area contributed by atoms with E-state index in [2.05, 4.69) is 25.1 Å². The van der Waals surface area contributed by atoms with E-state index in [1.165, 1.54) is 51.4 Å². The van der Waals surface area contributed by atoms with Gasteiger partial charge in [-0.05, 0) is 12.8 Å². The molecule has 0 aliphatic rings. The molecule has 0 saturated heterocycles. The second kappa shape index (κ2) is 16.2. The number of allylic oxidation sites excluding steroid dienone is 1. The fourth-order valence-electron chi connectivity index (χ4n) is 1.85. The average Bonchev–Trinajstić information content (AvgIpc) is 2.39. The Morgan fingerprint density at radius 1 is 0.944 bits per heavy atom. The summed E-state index contributed by atoms with van der Waals surface area (Å²) in [5.74, 6) is 0. The number of ether oxygens (including phenoxy) is 1. The summed E-state index contributed by atoms with van der Waals surface area (Å²) in [6, 6.07) is 2.06. The van der Waals surface area contributed by atoms with Gasteiger partial charge in [-0.1, -0.05) is 64.0 Å². The van der Waals surface area contributed by atoms with Crippen LogP contribution in [0.1, 0.15) is 71.1 Å². The van der Waals surface area contributed by atoms with Crippen molar-refractivity contribution in [2.45, 2.75) is 71.1 Å². The lowest BCUT2D eigenvalue weighted by Crippen LogP contribution is -1.92. The highest BCUT2D eigenvalue weighted by Crippen LogP contribution is 2.09. The molecule has 0 aromatic heterocycles. The van der Waals surface area contributed by atoms with Crippen molar-refractivity contribution < 1.29 is 4.74 Å². The molecule has 0 aromatic rings. The fourth-order valence-corrected chi connectivity index (χ4v) is 1.85. The maximum absolute atomic E-state index is 8.31. The van der Waals surface area contributed by atoms with E-state index in [-0.39, 0.29) is 0 Å². The number of hydrogen-bond donors (Lipinski definition) is 0. The van der Waals surface area contributed by atoms with Gasteiger partial charge in [0, 0.05) is 0 Å². The molecule has 0 aliphatic heterocycles. The van der Waals surface area contributed by atoms with Gasteiger partial charge in [-0.3, -0.25) is 0 Å². The molecule has 0 fully saturated rings. The summed E-state index contributed by atoms with van der Waals surface area (Å²) in [6.45, 7) is 3.47. The SMILES string of the molecule is CCCCCCCCCC/C=C/COCCC#N. The van der Waals surface area contributed by atoms with Crippen LogP contribution in [0.25, 0.3) is 0 Å². The lowest BCUT2D eigenvalue weighted by molar-refractivity contribution is 0.168. The Balaban J connectivity index is 3.02. The molecular formula is C16H29NO. The minimum atomic E-state index is 0.492. The Bertz CT molecular complexity index is 218. The molecule has 0 rings (SSSR count). The third kappa shape index (κ3) is 15.2. The van der Waals surface area contributed by atoms with E-state index in [0.29, 0.717) is 19.6 Å². The first-order chi connectivity index (χ1) is 8.91. The molecule has 0 bridgehead atoms. The van der Waals surface area contributed by atoms with Crippen LogP contribution in [0.15, 0.2) is 12.2 Å². The standard InChI is InChI=1S/C16H29NO/c1-2-3-4-5-6-7-8-9-10-11-12-15-18-16-13-14-17/h11-12H,2-10,13,15-16H2,1H3/b12-11+. The van der Waals surface area contributed by atoms with Crippen LogP contribution in [0.2, 0.25) is 0 Å². The Hall–Kier alpha value is -0.810. The van der Waals surface area contributed by atoms with Gasteiger partial charge in [0.05, 0.1) is 25.7 Å². The molecule has 0 saturated carbocycles. The monoisotopic (exact) mass is 251 g/mol. The zero-order valence-electron chi connectivity index (χ0n) is 12.0. The van der Waals surface area contributed by atoms with Crippen LogP contribution < -0.4 is 0 Å². The fraction of sp³-hybridized carbons (Fsp3) is 0.812. The summed E-state index contributed by atoms with van der Waals surface area (Å²) in [6.07, 6.45) is 16.9. The zero-order valence-corrected chi connectivity index (χ0v) is 12.0. The maximum Gasteiger partial charge on any atom is 0.0647 e. The average molecular weight is 251 g/mol. The quantitative estimate of drug-likeness (QED) is 0.341. The van der Waals surface area contributed by atoms with Gasteiger partial charge in [0.2, 0.25) is 0 Å². The second-order valence-corrected chi connectivity index (χ2v) is 4.72. The minimum absolute atomic E-state index is 0.492. The van der Waals surface area contributed by atoms with E-state index in [1.54, 1.807) is 0 Å². The summed E-state index contributed by atoms with van der Waals surface area (Å²) in [4.78, 5) is 0. The summed E-state index contributed by atoms with van der Waals surface area (Å²) in [5.41, 5.74) is 0. The normalized spacial score (nSPS) is 10.9. The molecule has 0 unspecified atom stereocenters. The van der Waals surface area contributed by atoms with Gasteiger partial charge in [0.15, 0.2) is 0 Å². The van der Waals surface area contributed by atoms with Gasteiger partial charge in [-0.2, -0.15) is 5.26 Å². The van der Waals surface area contributed by atoms with Crippen molar-refractivity contribution in [3.05, 3.63) is 12.2 Å². The van der Waals surface area contributed by atoms with Gasteiger partial charge < -0.3 is 4.74 Å². The van der Waals surface area contributed by atoms with Gasteiger partial charge in [-0.25, -0.2) is 0 Å². The Morgan fingerprint density at radius 2 is 1.61 bits per heavy atom. The Kier molecular flexibility index (Phi) is 15.5. The van der Waals surface area contributed by atoms with Crippen LogP contribution in [-0.2, 0) is 4.74 Å². The zero-order chi connectivity index (χ0) is 13.3. The highest BCUT2D eigenvalue weighted by Gasteiger charge is 1.90. The number of nitrogens with zero attached hydrogens (tertiary/aromatic N) is 1. The lowest BCUT2D eigenvalue weighted by atomic mass is 10.1. The number of nitriles is 1. The van der Waals surface area contributed by atoms with Gasteiger partial charge >= 0.3 is 0 Å². The van der Waals surface area contributed by atoms with E-state index < -0.39 is 0 Å². The molecule has 0 amide bonds. The Morgan fingerprint density at radius 3 is 2.28 bits per heavy atom. The van der Waals surface area contributed by atoms with Crippen molar-refractivity contribution in [1.82, 2.24) is 0 Å². The van der Waals surface area contributed by atoms with Crippen molar-refractivity contribution in [3.63, 3.8) is 0 Å². The maximum atomic E-state index is 8.31. The number of hydrogen-bond acceptors (Lipinski definition) is 2. The molecule has 0 radical (unpaired) electrons. The topological polar surface area (TPSA) is 33.0 Å². The van der Waals surface area contributed by atoms with Crippen molar-refractivity contribution in [3.8, 4) is 6.07 Å². The van der Waals surface area contributed by atoms with Crippen LogP contribution in [0.5, 0.6) is 0 Å². The van der Waals surface area contributed by atoms with E-state index in [1.807, 2.05) is 0 Å². The van der Waals surface area contributed by atoms with Crippen molar-refractivity contribution in [1.29, 1.82) is 5.26 Å². The van der Waals surface area contributed by atoms with Gasteiger partial charge in [-0.15, -0.1) is 0 Å². The molecule has 0 aliphatic carbocycles. The molecule has 104 valence electrons. The molecule has 2 heteroatoms. The number of unbranched alkanes of at least 4 members (excludes halogenated alkanes) is 8. The van der Waals surface area contributed by atoms with Gasteiger partial charge in [0.1, 0.15) is 0 Å². The minimum Gasteiger partial charge on any atom is -0.376 e. The first kappa shape index (κ1) is 17.2. The smallest absolute Gasteiger partial charge is 0.0647 e. The predicted molar refractivity (Wildman–Crippen MR) is 77.4 cm³/mol. The first-order valence-electron chi connectivity index (χ1n) is 7.51. The van der Waals surface area contributed by atoms with Crippen molar-refractivity contribution >= 4 is 0 Å². The highest BCUT2D eigenvalue weighted by atomic mass is 16.5. The predicted octanol–water partition coefficient (Wildman–Crippen LogP) is 5.00. The van der Waals surface area contributed by atoms with Gasteiger partial charge in [0.25, 0.3) is 0 Å². The molecule has 2 nitrogen and oxygen atoms in total. The van der Waals surface area contributed by atoms with Crippen LogP contribution >= 0.6 is 0 Å². The third-order valence-corrected chi connectivity index (χ3v) is 2.96. The summed E-state index contributed by atoms with van der Waals surface area (Å²) < 4.78 is 5.25. The molecule has 0 aromatic carbocycles. The number of rotatable bonds is 13. The van der Waals surface area contributed by atoms with Crippen LogP contribution in [-0.4, -0.2) is 13.2 Å². The Labute approximate surface area is 113 Å². The summed E-state index contributed by atoms with van der Waals surface area (Å²) in [5, 5.41) is 8.31. The third-order valence-electron chi connectivity index (χ3n) is 2.96. The van der Waals surface area contributed by atoms with Crippen LogP contribution in [0, 0.1) is 11.3 Å². The molecule has 0 spiro atoms. The summed E-state index contributed by atoms with van der Waals surface area (Å²) >= 11 is 0. The van der Waals surface area contributed by atoms with E-state index in [9.17, 15) is 0 Å². The highest BCUT2D eigenvalue weighted by molar-refractivity contribution is 4.81. The van der Waals surface area contributed by atoms with E-state index >= 15 is 0 Å². The molecular weight excluding hydrogens is 222 g/mol.